The van der Waals surface area contributed by atoms with Crippen molar-refractivity contribution in [3.63, 3.8) is 0 Å². The molecule has 0 spiro atoms. The third-order valence-electron chi connectivity index (χ3n) is 6.35. The van der Waals surface area contributed by atoms with Crippen molar-refractivity contribution in [3.05, 3.63) is 101 Å². The van der Waals surface area contributed by atoms with Gasteiger partial charge in [0.1, 0.15) is 12.6 Å². The number of carbonyl (C=O) groups excluding carboxylic acids is 2. The summed E-state index contributed by atoms with van der Waals surface area (Å²) in [6.07, 6.45) is -3.77. The van der Waals surface area contributed by atoms with E-state index in [2.05, 4.69) is 5.32 Å². The Bertz CT molecular complexity index is 1500. The number of anilines is 1. The van der Waals surface area contributed by atoms with E-state index in [0.29, 0.717) is 15.9 Å². The van der Waals surface area contributed by atoms with E-state index < -0.39 is 51.7 Å². The summed E-state index contributed by atoms with van der Waals surface area (Å²) in [5, 5.41) is 2.92. The largest absolute Gasteiger partial charge is 0.416 e. The first-order valence-corrected chi connectivity index (χ1v) is 15.1. The van der Waals surface area contributed by atoms with E-state index in [9.17, 15) is 31.2 Å². The van der Waals surface area contributed by atoms with Gasteiger partial charge in [-0.1, -0.05) is 66.2 Å². The van der Waals surface area contributed by atoms with Crippen LogP contribution in [0.2, 0.25) is 0 Å². The van der Waals surface area contributed by atoms with Gasteiger partial charge in [0.25, 0.3) is 0 Å². The van der Waals surface area contributed by atoms with Crippen molar-refractivity contribution in [3.8, 4) is 0 Å². The molecule has 0 saturated heterocycles. The highest BCUT2D eigenvalue weighted by Crippen LogP contribution is 2.32. The highest BCUT2D eigenvalue weighted by atomic mass is 32.2. The molecular weight excluding hydrogens is 567 g/mol. The van der Waals surface area contributed by atoms with Crippen molar-refractivity contribution < 1.29 is 31.2 Å². The van der Waals surface area contributed by atoms with Gasteiger partial charge in [-0.3, -0.25) is 13.9 Å². The number of rotatable bonds is 10. The van der Waals surface area contributed by atoms with E-state index in [4.69, 9.17) is 0 Å². The predicted molar refractivity (Wildman–Crippen MR) is 157 cm³/mol. The van der Waals surface area contributed by atoms with E-state index in [-0.39, 0.29) is 18.7 Å². The van der Waals surface area contributed by atoms with Crippen LogP contribution in [0.25, 0.3) is 0 Å². The van der Waals surface area contributed by atoms with E-state index in [1.807, 2.05) is 37.3 Å². The molecular formula is C31H36F3N3O4S. The number of sulfonamides is 1. The van der Waals surface area contributed by atoms with Crippen molar-refractivity contribution >= 4 is 27.5 Å². The normalized spacial score (nSPS) is 12.9. The Hall–Kier alpha value is -3.86. The average Bonchev–Trinajstić information content (AvgIpc) is 2.87. The average molecular weight is 604 g/mol. The minimum atomic E-state index is -4.72. The van der Waals surface area contributed by atoms with E-state index >= 15 is 0 Å². The molecule has 226 valence electrons. The zero-order valence-corrected chi connectivity index (χ0v) is 25.1. The first-order valence-electron chi connectivity index (χ1n) is 13.3. The lowest BCUT2D eigenvalue weighted by Gasteiger charge is -2.35. The molecule has 42 heavy (non-hydrogen) atoms. The second-order valence-corrected chi connectivity index (χ2v) is 13.2. The summed E-state index contributed by atoms with van der Waals surface area (Å²) in [5.74, 6) is -1.19. The summed E-state index contributed by atoms with van der Waals surface area (Å²) in [4.78, 5) is 29.1. The zero-order valence-electron chi connectivity index (χ0n) is 24.3. The van der Waals surface area contributed by atoms with Crippen LogP contribution in [0.4, 0.5) is 18.9 Å². The third kappa shape index (κ3) is 9.34. The number of aryl methyl sites for hydroxylation is 1. The van der Waals surface area contributed by atoms with Crippen LogP contribution in [0, 0.1) is 6.92 Å². The van der Waals surface area contributed by atoms with Crippen molar-refractivity contribution in [2.45, 2.75) is 58.4 Å². The highest BCUT2D eigenvalue weighted by Gasteiger charge is 2.35. The van der Waals surface area contributed by atoms with Gasteiger partial charge in [0.15, 0.2) is 0 Å². The number of halogens is 3. The highest BCUT2D eigenvalue weighted by molar-refractivity contribution is 7.92. The Morgan fingerprint density at radius 3 is 2.07 bits per heavy atom. The molecule has 3 aromatic rings. The minimum Gasteiger partial charge on any atom is -0.350 e. The fourth-order valence-electron chi connectivity index (χ4n) is 4.47. The second kappa shape index (κ2) is 13.0. The Morgan fingerprint density at radius 1 is 0.881 bits per heavy atom. The van der Waals surface area contributed by atoms with Crippen molar-refractivity contribution in [2.24, 2.45) is 0 Å². The molecule has 1 N–H and O–H groups in total. The van der Waals surface area contributed by atoms with Gasteiger partial charge < -0.3 is 10.2 Å². The molecule has 0 saturated carbocycles. The molecule has 0 bridgehead atoms. The molecule has 0 fully saturated rings. The third-order valence-corrected chi connectivity index (χ3v) is 7.49. The van der Waals surface area contributed by atoms with Crippen LogP contribution >= 0.6 is 0 Å². The fraction of sp³-hybridized carbons (Fsp3) is 0.355. The van der Waals surface area contributed by atoms with Crippen molar-refractivity contribution in [1.29, 1.82) is 0 Å². The molecule has 11 heteroatoms. The molecule has 0 aromatic heterocycles. The SMILES string of the molecule is Cc1cccc(CN(C(=O)CN(c2cccc(C(F)(F)F)c2)S(C)(=O)=O)[C@@H](Cc2ccccc2)C(=O)NC(C)(C)C)c1. The van der Waals surface area contributed by atoms with Gasteiger partial charge in [-0.15, -0.1) is 0 Å². The maximum atomic E-state index is 14.1. The molecule has 0 heterocycles. The van der Waals surface area contributed by atoms with E-state index in [1.54, 1.807) is 45.0 Å². The van der Waals surface area contributed by atoms with Crippen LogP contribution < -0.4 is 9.62 Å². The molecule has 3 aromatic carbocycles. The number of hydrogen-bond donors (Lipinski definition) is 1. The van der Waals surface area contributed by atoms with Gasteiger partial charge in [-0.2, -0.15) is 13.2 Å². The minimum absolute atomic E-state index is 0.0320. The maximum absolute atomic E-state index is 14.1. The molecule has 0 aliphatic carbocycles. The molecule has 0 unspecified atom stereocenters. The quantitative estimate of drug-likeness (QED) is 0.339. The number of nitrogens with one attached hydrogen (secondary N) is 1. The number of alkyl halides is 3. The number of carbonyl (C=O) groups is 2. The predicted octanol–water partition coefficient (Wildman–Crippen LogP) is 5.33. The van der Waals surface area contributed by atoms with Crippen molar-refractivity contribution in [2.75, 3.05) is 17.1 Å². The number of nitrogens with zero attached hydrogens (tertiary/aromatic N) is 2. The topological polar surface area (TPSA) is 86.8 Å². The Morgan fingerprint density at radius 2 is 1.50 bits per heavy atom. The monoisotopic (exact) mass is 603 g/mol. The summed E-state index contributed by atoms with van der Waals surface area (Å²) in [7, 11) is -4.20. The van der Waals surface area contributed by atoms with Gasteiger partial charge in [0, 0.05) is 18.5 Å². The van der Waals surface area contributed by atoms with Gasteiger partial charge in [0.2, 0.25) is 21.8 Å². The Balaban J connectivity index is 2.10. The molecule has 1 atom stereocenters. The summed E-state index contributed by atoms with van der Waals surface area (Å²) in [6, 6.07) is 19.1. The van der Waals surface area contributed by atoms with Crippen LogP contribution in [-0.2, 0) is 38.8 Å². The smallest absolute Gasteiger partial charge is 0.350 e. The van der Waals surface area contributed by atoms with Crippen molar-refractivity contribution in [1.82, 2.24) is 10.2 Å². The lowest BCUT2D eigenvalue weighted by molar-refractivity contribution is -0.140. The van der Waals surface area contributed by atoms with Crippen LogP contribution in [-0.4, -0.2) is 49.5 Å². The van der Waals surface area contributed by atoms with E-state index in [1.165, 1.54) is 11.0 Å². The number of amides is 2. The standard InChI is InChI=1S/C31H36F3N3O4S/c1-22-11-9-14-24(17-22)20-36(27(29(39)35-30(2,3)4)18-23-12-7-6-8-13-23)28(38)21-37(42(5,40)41)26-16-10-15-25(19-26)31(32,33)34/h6-17,19,27H,18,20-21H2,1-5H3,(H,35,39)/t27-/m0/s1. The van der Waals surface area contributed by atoms with Crippen LogP contribution in [0.3, 0.4) is 0 Å². The Labute approximate surface area is 245 Å². The second-order valence-electron chi connectivity index (χ2n) is 11.3. The van der Waals surface area contributed by atoms with Gasteiger partial charge in [0.05, 0.1) is 17.5 Å². The maximum Gasteiger partial charge on any atom is 0.416 e. The van der Waals surface area contributed by atoms with Gasteiger partial charge >= 0.3 is 6.18 Å². The summed E-state index contributed by atoms with van der Waals surface area (Å²) in [6.45, 7) is 6.45. The summed E-state index contributed by atoms with van der Waals surface area (Å²) < 4.78 is 66.6. The number of hydrogen-bond acceptors (Lipinski definition) is 4. The molecule has 7 nitrogen and oxygen atoms in total. The first kappa shape index (κ1) is 32.7. The van der Waals surface area contributed by atoms with E-state index in [0.717, 1.165) is 29.5 Å². The number of benzene rings is 3. The molecule has 0 radical (unpaired) electrons. The Kier molecular flexibility index (Phi) is 10.1. The molecule has 3 rings (SSSR count). The lowest BCUT2D eigenvalue weighted by atomic mass is 10.0. The van der Waals surface area contributed by atoms with Crippen LogP contribution in [0.15, 0.2) is 78.9 Å². The first-order chi connectivity index (χ1) is 19.4. The molecule has 0 aliphatic rings. The summed E-state index contributed by atoms with van der Waals surface area (Å²) >= 11 is 0. The van der Waals surface area contributed by atoms with Crippen LogP contribution in [0.5, 0.6) is 0 Å². The molecule has 0 aliphatic heterocycles. The van der Waals surface area contributed by atoms with Gasteiger partial charge in [-0.05, 0) is 57.0 Å². The lowest BCUT2D eigenvalue weighted by Crippen LogP contribution is -2.56. The summed E-state index contributed by atoms with van der Waals surface area (Å²) in [5.41, 5.74) is 0.391. The van der Waals surface area contributed by atoms with Crippen LogP contribution in [0.1, 0.15) is 43.0 Å². The van der Waals surface area contributed by atoms with Gasteiger partial charge in [-0.25, -0.2) is 8.42 Å². The zero-order chi connectivity index (χ0) is 31.3. The fourth-order valence-corrected chi connectivity index (χ4v) is 5.31. The molecule has 2 amide bonds.